The van der Waals surface area contributed by atoms with Gasteiger partial charge in [0.05, 0.1) is 17.1 Å². The number of carbonyl (C=O) groups excluding carboxylic acids is 1. The molecule has 0 radical (unpaired) electrons. The molecule has 3 nitrogen and oxygen atoms in total. The molecule has 2 fully saturated rings. The number of hydrogen-bond donors (Lipinski definition) is 1. The molecule has 1 spiro atoms. The molecule has 0 aromatic heterocycles. The third kappa shape index (κ3) is 1.12. The van der Waals surface area contributed by atoms with Crippen LogP contribution in [0.2, 0.25) is 0 Å². The lowest BCUT2D eigenvalue weighted by Crippen LogP contribution is -2.60. The summed E-state index contributed by atoms with van der Waals surface area (Å²) in [5, 5.41) is 10.8. The summed E-state index contributed by atoms with van der Waals surface area (Å²) in [6, 6.07) is 0. The fraction of sp³-hybridized carbons (Fsp3) is 0.786. The molecule has 1 aliphatic heterocycles. The molecule has 94 valence electrons. The van der Waals surface area contributed by atoms with Gasteiger partial charge in [0.2, 0.25) is 0 Å². The van der Waals surface area contributed by atoms with E-state index in [0.29, 0.717) is 6.42 Å². The summed E-state index contributed by atoms with van der Waals surface area (Å²) >= 11 is 0. The van der Waals surface area contributed by atoms with Gasteiger partial charge in [-0.2, -0.15) is 0 Å². The molecule has 1 saturated carbocycles. The summed E-state index contributed by atoms with van der Waals surface area (Å²) in [7, 11) is 0. The Morgan fingerprint density at radius 1 is 1.47 bits per heavy atom. The van der Waals surface area contributed by atoms with E-state index in [9.17, 15) is 9.90 Å². The topological polar surface area (TPSA) is 49.8 Å². The number of ketones is 1. The minimum absolute atomic E-state index is 0.0722. The molecule has 3 heteroatoms. The van der Waals surface area contributed by atoms with E-state index in [-0.39, 0.29) is 17.5 Å². The van der Waals surface area contributed by atoms with Gasteiger partial charge in [-0.15, -0.1) is 0 Å². The molecular formula is C14H20O3. The van der Waals surface area contributed by atoms with E-state index in [1.807, 2.05) is 19.9 Å². The van der Waals surface area contributed by atoms with Gasteiger partial charge in [-0.05, 0) is 46.5 Å². The molecule has 1 N–H and O–H groups in total. The molecule has 17 heavy (non-hydrogen) atoms. The average Bonchev–Trinajstić information content (AvgIpc) is 2.94. The van der Waals surface area contributed by atoms with Crippen LogP contribution in [0.5, 0.6) is 0 Å². The van der Waals surface area contributed by atoms with E-state index in [1.54, 1.807) is 6.92 Å². The maximum absolute atomic E-state index is 11.9. The quantitative estimate of drug-likeness (QED) is 0.708. The molecule has 2 aliphatic carbocycles. The molecule has 4 atom stereocenters. The lowest BCUT2D eigenvalue weighted by Gasteiger charge is -2.52. The van der Waals surface area contributed by atoms with Crippen molar-refractivity contribution in [2.24, 2.45) is 5.41 Å². The van der Waals surface area contributed by atoms with E-state index in [4.69, 9.17) is 4.74 Å². The monoisotopic (exact) mass is 236 g/mol. The van der Waals surface area contributed by atoms with Crippen molar-refractivity contribution >= 4 is 5.78 Å². The van der Waals surface area contributed by atoms with Gasteiger partial charge >= 0.3 is 0 Å². The van der Waals surface area contributed by atoms with Crippen LogP contribution in [0.25, 0.3) is 0 Å². The molecule has 1 saturated heterocycles. The van der Waals surface area contributed by atoms with Crippen LogP contribution in [0, 0.1) is 5.41 Å². The zero-order chi connectivity index (χ0) is 12.5. The summed E-state index contributed by atoms with van der Waals surface area (Å²) in [4.78, 5) is 11.9. The van der Waals surface area contributed by atoms with E-state index in [0.717, 1.165) is 24.8 Å². The fourth-order valence-corrected chi connectivity index (χ4v) is 4.19. The number of Topliss-reactive ketones (excluding diaryl/α,β-unsaturated/α-hetero) is 1. The van der Waals surface area contributed by atoms with Gasteiger partial charge in [0, 0.05) is 5.57 Å². The SMILES string of the molecule is CC(=O)C1=CCC[C@]23O[C@H]2CC[C@](C)(O)[C@@]13C. The highest BCUT2D eigenvalue weighted by Gasteiger charge is 2.76. The Bertz CT molecular complexity index is 423. The standard InChI is InChI=1S/C14H20O3/c1-9(15)10-5-4-7-14-11(17-14)6-8-12(2,16)13(10,14)3/h5,11,16H,4,6-8H2,1-3H3/t11-,12-,13+,14-/m0/s1. The number of aliphatic hydroxyl groups is 1. The molecule has 0 amide bonds. The van der Waals surface area contributed by atoms with Gasteiger partial charge in [-0.3, -0.25) is 4.79 Å². The van der Waals surface area contributed by atoms with Gasteiger partial charge < -0.3 is 9.84 Å². The van der Waals surface area contributed by atoms with Gasteiger partial charge in [0.25, 0.3) is 0 Å². The van der Waals surface area contributed by atoms with Gasteiger partial charge in [-0.25, -0.2) is 0 Å². The summed E-state index contributed by atoms with van der Waals surface area (Å²) in [6.07, 6.45) is 5.69. The van der Waals surface area contributed by atoms with Crippen molar-refractivity contribution in [3.63, 3.8) is 0 Å². The fourth-order valence-electron chi connectivity index (χ4n) is 4.19. The molecule has 1 heterocycles. The number of ether oxygens (including phenoxy) is 1. The Hall–Kier alpha value is -0.670. The zero-order valence-electron chi connectivity index (χ0n) is 10.7. The third-order valence-electron chi connectivity index (χ3n) is 5.41. The summed E-state index contributed by atoms with van der Waals surface area (Å²) < 4.78 is 5.94. The second-order valence-electron chi connectivity index (χ2n) is 6.15. The Morgan fingerprint density at radius 2 is 2.18 bits per heavy atom. The van der Waals surface area contributed by atoms with E-state index < -0.39 is 11.0 Å². The first kappa shape index (κ1) is 11.4. The van der Waals surface area contributed by atoms with E-state index >= 15 is 0 Å². The highest BCUT2D eigenvalue weighted by atomic mass is 16.6. The Labute approximate surface area is 102 Å². The lowest BCUT2D eigenvalue weighted by atomic mass is 9.52. The molecule has 3 rings (SSSR count). The number of hydrogen-bond acceptors (Lipinski definition) is 3. The molecular weight excluding hydrogens is 216 g/mol. The summed E-state index contributed by atoms with van der Waals surface area (Å²) in [5.41, 5.74) is -0.883. The highest BCUT2D eigenvalue weighted by molar-refractivity contribution is 5.95. The summed E-state index contributed by atoms with van der Waals surface area (Å²) in [6.45, 7) is 5.46. The predicted molar refractivity (Wildman–Crippen MR) is 63.6 cm³/mol. The van der Waals surface area contributed by atoms with Crippen LogP contribution >= 0.6 is 0 Å². The van der Waals surface area contributed by atoms with Crippen molar-refractivity contribution in [2.45, 2.75) is 63.8 Å². The maximum Gasteiger partial charge on any atom is 0.156 e. The van der Waals surface area contributed by atoms with Gasteiger partial charge in [-0.1, -0.05) is 6.08 Å². The Morgan fingerprint density at radius 3 is 2.82 bits per heavy atom. The Balaban J connectivity index is 2.16. The van der Waals surface area contributed by atoms with Crippen LogP contribution in [0.4, 0.5) is 0 Å². The molecule has 0 bridgehead atoms. The number of carbonyl (C=O) groups is 1. The molecule has 0 aromatic rings. The second-order valence-corrected chi connectivity index (χ2v) is 6.15. The van der Waals surface area contributed by atoms with E-state index in [2.05, 4.69) is 0 Å². The van der Waals surface area contributed by atoms with Gasteiger partial charge in [0.15, 0.2) is 5.78 Å². The molecule has 3 aliphatic rings. The van der Waals surface area contributed by atoms with Crippen LogP contribution in [-0.4, -0.2) is 28.2 Å². The van der Waals surface area contributed by atoms with Crippen molar-refractivity contribution in [3.8, 4) is 0 Å². The van der Waals surface area contributed by atoms with E-state index in [1.165, 1.54) is 0 Å². The first-order chi connectivity index (χ1) is 7.85. The minimum Gasteiger partial charge on any atom is -0.389 e. The van der Waals surface area contributed by atoms with Crippen molar-refractivity contribution in [2.75, 3.05) is 0 Å². The first-order valence-corrected chi connectivity index (χ1v) is 6.47. The van der Waals surface area contributed by atoms with Crippen LogP contribution in [0.15, 0.2) is 11.6 Å². The van der Waals surface area contributed by atoms with Crippen molar-refractivity contribution in [1.82, 2.24) is 0 Å². The van der Waals surface area contributed by atoms with Crippen LogP contribution in [0.1, 0.15) is 46.5 Å². The molecule has 0 unspecified atom stereocenters. The normalized spacial score (nSPS) is 52.2. The van der Waals surface area contributed by atoms with Crippen LogP contribution < -0.4 is 0 Å². The number of epoxide rings is 1. The number of rotatable bonds is 1. The van der Waals surface area contributed by atoms with Crippen molar-refractivity contribution in [1.29, 1.82) is 0 Å². The largest absolute Gasteiger partial charge is 0.389 e. The predicted octanol–water partition coefficient (Wildman–Crippen LogP) is 1.98. The van der Waals surface area contributed by atoms with Crippen molar-refractivity contribution < 1.29 is 14.6 Å². The maximum atomic E-state index is 11.9. The smallest absolute Gasteiger partial charge is 0.156 e. The van der Waals surface area contributed by atoms with Crippen LogP contribution in [0.3, 0.4) is 0 Å². The average molecular weight is 236 g/mol. The third-order valence-corrected chi connectivity index (χ3v) is 5.41. The lowest BCUT2D eigenvalue weighted by molar-refractivity contribution is -0.126. The minimum atomic E-state index is -0.849. The highest BCUT2D eigenvalue weighted by Crippen LogP contribution is 2.68. The van der Waals surface area contributed by atoms with Gasteiger partial charge in [0.1, 0.15) is 5.60 Å². The zero-order valence-corrected chi connectivity index (χ0v) is 10.7. The van der Waals surface area contributed by atoms with Crippen LogP contribution in [-0.2, 0) is 9.53 Å². The van der Waals surface area contributed by atoms with Crippen molar-refractivity contribution in [3.05, 3.63) is 11.6 Å². The number of allylic oxidation sites excluding steroid dienone is 1. The second kappa shape index (κ2) is 3.01. The molecule has 0 aromatic carbocycles. The first-order valence-electron chi connectivity index (χ1n) is 6.47. The Kier molecular flexibility index (Phi) is 2.02. The summed E-state index contributed by atoms with van der Waals surface area (Å²) in [5.74, 6) is 0.0722.